The first-order valence-corrected chi connectivity index (χ1v) is 8.15. The molecule has 2 aromatic carbocycles. The van der Waals surface area contributed by atoms with E-state index in [9.17, 15) is 0 Å². The molecule has 1 heterocycles. The highest BCUT2D eigenvalue weighted by molar-refractivity contribution is 5.85. The number of piperazine rings is 1. The molecular weight excluding hydrogens is 324 g/mol. The van der Waals surface area contributed by atoms with Crippen LogP contribution in [0.1, 0.15) is 0 Å². The second-order valence-electron chi connectivity index (χ2n) is 5.66. The first-order chi connectivity index (χ1) is 11.4. The molecule has 24 heavy (non-hydrogen) atoms. The van der Waals surface area contributed by atoms with Gasteiger partial charge in [0.1, 0.15) is 6.61 Å². The Hall–Kier alpha value is -1.91. The summed E-state index contributed by atoms with van der Waals surface area (Å²) in [6, 6.07) is 18.4. The van der Waals surface area contributed by atoms with Crippen molar-refractivity contribution in [2.45, 2.75) is 0 Å². The summed E-state index contributed by atoms with van der Waals surface area (Å²) in [5, 5.41) is 0. The van der Waals surface area contributed by atoms with E-state index in [2.05, 4.69) is 40.1 Å². The summed E-state index contributed by atoms with van der Waals surface area (Å²) in [5.74, 6) is 1.61. The van der Waals surface area contributed by atoms with Gasteiger partial charge in [-0.3, -0.25) is 4.90 Å². The topological polar surface area (TPSA) is 24.9 Å². The molecule has 2 aromatic rings. The molecule has 1 fully saturated rings. The van der Waals surface area contributed by atoms with E-state index in [0.29, 0.717) is 6.61 Å². The van der Waals surface area contributed by atoms with Gasteiger partial charge in [-0.2, -0.15) is 0 Å². The number of ether oxygens (including phenoxy) is 2. The molecule has 3 rings (SSSR count). The molecule has 0 saturated carbocycles. The molecule has 0 bridgehead atoms. The SMILES string of the molecule is COc1ccccc1OCCN1CCN(c2ccccc2)CC1.Cl. The van der Waals surface area contributed by atoms with E-state index in [4.69, 9.17) is 9.47 Å². The largest absolute Gasteiger partial charge is 0.493 e. The van der Waals surface area contributed by atoms with Crippen molar-refractivity contribution >= 4 is 18.1 Å². The Balaban J connectivity index is 0.00000208. The van der Waals surface area contributed by atoms with E-state index in [1.807, 2.05) is 24.3 Å². The predicted octanol–water partition coefficient (Wildman–Crippen LogP) is 3.32. The molecular formula is C19H25ClN2O2. The highest BCUT2D eigenvalue weighted by Crippen LogP contribution is 2.25. The molecule has 0 radical (unpaired) electrons. The molecule has 0 spiro atoms. The van der Waals surface area contributed by atoms with Crippen molar-refractivity contribution in [1.29, 1.82) is 0 Å². The third kappa shape index (κ3) is 4.79. The van der Waals surface area contributed by atoms with Gasteiger partial charge in [-0.1, -0.05) is 30.3 Å². The van der Waals surface area contributed by atoms with Gasteiger partial charge >= 0.3 is 0 Å². The standard InChI is InChI=1S/C19H24N2O2.ClH/c1-22-18-9-5-6-10-19(18)23-16-15-20-11-13-21(14-12-20)17-7-3-2-4-8-17;/h2-10H,11-16H2,1H3;1H. The van der Waals surface area contributed by atoms with E-state index in [0.717, 1.165) is 44.2 Å². The van der Waals surface area contributed by atoms with Crippen LogP contribution in [0.5, 0.6) is 11.5 Å². The number of halogens is 1. The minimum atomic E-state index is 0. The quantitative estimate of drug-likeness (QED) is 0.799. The van der Waals surface area contributed by atoms with Crippen molar-refractivity contribution in [3.05, 3.63) is 54.6 Å². The first kappa shape index (κ1) is 18.4. The number of hydrogen-bond acceptors (Lipinski definition) is 4. The molecule has 4 nitrogen and oxygen atoms in total. The van der Waals surface area contributed by atoms with E-state index in [1.54, 1.807) is 7.11 Å². The van der Waals surface area contributed by atoms with Crippen LogP contribution in [-0.4, -0.2) is 51.3 Å². The van der Waals surface area contributed by atoms with Gasteiger partial charge in [0.25, 0.3) is 0 Å². The maximum absolute atomic E-state index is 5.86. The van der Waals surface area contributed by atoms with Crippen molar-refractivity contribution in [3.8, 4) is 11.5 Å². The fourth-order valence-corrected chi connectivity index (χ4v) is 2.89. The zero-order valence-electron chi connectivity index (χ0n) is 14.1. The minimum absolute atomic E-state index is 0. The van der Waals surface area contributed by atoms with Gasteiger partial charge in [0.2, 0.25) is 0 Å². The van der Waals surface area contributed by atoms with Crippen LogP contribution in [0.2, 0.25) is 0 Å². The first-order valence-electron chi connectivity index (χ1n) is 8.15. The number of nitrogens with zero attached hydrogens (tertiary/aromatic N) is 2. The van der Waals surface area contributed by atoms with Gasteiger partial charge in [-0.25, -0.2) is 0 Å². The van der Waals surface area contributed by atoms with Crippen molar-refractivity contribution in [2.75, 3.05) is 51.3 Å². The highest BCUT2D eigenvalue weighted by atomic mass is 35.5. The fourth-order valence-electron chi connectivity index (χ4n) is 2.89. The van der Waals surface area contributed by atoms with Crippen molar-refractivity contribution in [1.82, 2.24) is 4.90 Å². The third-order valence-electron chi connectivity index (χ3n) is 4.23. The summed E-state index contributed by atoms with van der Waals surface area (Å²) in [7, 11) is 1.67. The summed E-state index contributed by atoms with van der Waals surface area (Å²) in [6.45, 7) is 5.91. The van der Waals surface area contributed by atoms with E-state index in [-0.39, 0.29) is 12.4 Å². The Kier molecular flexibility index (Phi) is 7.22. The average molecular weight is 349 g/mol. The van der Waals surface area contributed by atoms with Gasteiger partial charge in [-0.05, 0) is 24.3 Å². The maximum atomic E-state index is 5.86. The maximum Gasteiger partial charge on any atom is 0.161 e. The molecule has 0 aromatic heterocycles. The summed E-state index contributed by atoms with van der Waals surface area (Å²) in [5.41, 5.74) is 1.32. The average Bonchev–Trinajstić information content (AvgIpc) is 2.63. The van der Waals surface area contributed by atoms with Crippen LogP contribution in [0.15, 0.2) is 54.6 Å². The molecule has 1 aliphatic rings. The van der Waals surface area contributed by atoms with Crippen LogP contribution < -0.4 is 14.4 Å². The van der Waals surface area contributed by atoms with E-state index in [1.165, 1.54) is 5.69 Å². The molecule has 0 amide bonds. The molecule has 1 aliphatic heterocycles. The van der Waals surface area contributed by atoms with Gasteiger partial charge in [0.15, 0.2) is 11.5 Å². The van der Waals surface area contributed by atoms with Crippen molar-refractivity contribution < 1.29 is 9.47 Å². The van der Waals surface area contributed by atoms with E-state index >= 15 is 0 Å². The highest BCUT2D eigenvalue weighted by Gasteiger charge is 2.16. The van der Waals surface area contributed by atoms with Gasteiger partial charge in [0.05, 0.1) is 7.11 Å². The Morgan fingerprint density at radius 3 is 2.12 bits per heavy atom. The number of anilines is 1. The minimum Gasteiger partial charge on any atom is -0.493 e. The predicted molar refractivity (Wildman–Crippen MR) is 101 cm³/mol. The Morgan fingerprint density at radius 2 is 1.46 bits per heavy atom. The second-order valence-corrected chi connectivity index (χ2v) is 5.66. The van der Waals surface area contributed by atoms with Crippen molar-refractivity contribution in [3.63, 3.8) is 0 Å². The lowest BCUT2D eigenvalue weighted by Crippen LogP contribution is -2.47. The molecule has 1 saturated heterocycles. The van der Waals surface area contributed by atoms with Crippen LogP contribution in [-0.2, 0) is 0 Å². The molecule has 0 N–H and O–H groups in total. The number of benzene rings is 2. The molecule has 0 unspecified atom stereocenters. The van der Waals surface area contributed by atoms with E-state index < -0.39 is 0 Å². The lowest BCUT2D eigenvalue weighted by molar-refractivity contribution is 0.197. The van der Waals surface area contributed by atoms with Gasteiger partial charge in [-0.15, -0.1) is 12.4 Å². The summed E-state index contributed by atoms with van der Waals surface area (Å²) in [6.07, 6.45) is 0. The lowest BCUT2D eigenvalue weighted by atomic mass is 10.2. The fraction of sp³-hybridized carbons (Fsp3) is 0.368. The Morgan fingerprint density at radius 1 is 0.833 bits per heavy atom. The third-order valence-corrected chi connectivity index (χ3v) is 4.23. The van der Waals surface area contributed by atoms with Crippen molar-refractivity contribution in [2.24, 2.45) is 0 Å². The number of hydrogen-bond donors (Lipinski definition) is 0. The number of para-hydroxylation sites is 3. The number of methoxy groups -OCH3 is 1. The zero-order chi connectivity index (χ0) is 15.9. The van der Waals surface area contributed by atoms with Gasteiger partial charge < -0.3 is 14.4 Å². The molecule has 0 atom stereocenters. The Bertz CT molecular complexity index is 601. The lowest BCUT2D eigenvalue weighted by Gasteiger charge is -2.36. The summed E-state index contributed by atoms with van der Waals surface area (Å²) < 4.78 is 11.2. The zero-order valence-corrected chi connectivity index (χ0v) is 14.9. The summed E-state index contributed by atoms with van der Waals surface area (Å²) in [4.78, 5) is 4.90. The number of rotatable bonds is 6. The Labute approximate surface area is 150 Å². The van der Waals surface area contributed by atoms with Gasteiger partial charge in [0, 0.05) is 38.4 Å². The van der Waals surface area contributed by atoms with Crippen LogP contribution in [0.25, 0.3) is 0 Å². The smallest absolute Gasteiger partial charge is 0.161 e. The van der Waals surface area contributed by atoms with Crippen LogP contribution in [0.3, 0.4) is 0 Å². The normalized spacial score (nSPS) is 14.8. The van der Waals surface area contributed by atoms with Crippen LogP contribution in [0, 0.1) is 0 Å². The molecule has 5 heteroatoms. The second kappa shape index (κ2) is 9.40. The monoisotopic (exact) mass is 348 g/mol. The van der Waals surface area contributed by atoms with Crippen LogP contribution >= 0.6 is 12.4 Å². The molecule has 130 valence electrons. The van der Waals surface area contributed by atoms with Crippen LogP contribution in [0.4, 0.5) is 5.69 Å². The molecule has 0 aliphatic carbocycles. The summed E-state index contributed by atoms with van der Waals surface area (Å²) >= 11 is 0.